The molecular formula is C26H19F2N3O3S. The number of thiazole rings is 1. The van der Waals surface area contributed by atoms with Crippen LogP contribution in [0.5, 0.6) is 5.75 Å². The van der Waals surface area contributed by atoms with Crippen molar-refractivity contribution >= 4 is 33.1 Å². The predicted octanol–water partition coefficient (Wildman–Crippen LogP) is 6.68. The quantitative estimate of drug-likeness (QED) is 0.287. The number of hydrogen-bond acceptors (Lipinski definition) is 6. The van der Waals surface area contributed by atoms with E-state index in [1.807, 2.05) is 31.2 Å². The lowest BCUT2D eigenvalue weighted by Crippen LogP contribution is -2.15. The Bertz CT molecular complexity index is 1540. The highest BCUT2D eigenvalue weighted by atomic mass is 32.1. The summed E-state index contributed by atoms with van der Waals surface area (Å²) in [4.78, 5) is 17.5. The number of rotatable bonds is 6. The van der Waals surface area contributed by atoms with Crippen LogP contribution in [0.4, 0.5) is 14.5 Å². The second kappa shape index (κ2) is 9.27. The van der Waals surface area contributed by atoms with Gasteiger partial charge in [-0.1, -0.05) is 11.2 Å². The Labute approximate surface area is 203 Å². The molecule has 35 heavy (non-hydrogen) atoms. The van der Waals surface area contributed by atoms with Gasteiger partial charge in [-0.25, -0.2) is 13.8 Å². The van der Waals surface area contributed by atoms with Crippen LogP contribution in [0.1, 0.15) is 27.4 Å². The summed E-state index contributed by atoms with van der Waals surface area (Å²) in [6.07, 6.45) is 0. The van der Waals surface area contributed by atoms with Gasteiger partial charge in [0, 0.05) is 17.3 Å². The van der Waals surface area contributed by atoms with E-state index in [9.17, 15) is 13.6 Å². The Morgan fingerprint density at radius 1 is 1.06 bits per heavy atom. The molecule has 1 N–H and O–H groups in total. The Kier molecular flexibility index (Phi) is 6.00. The summed E-state index contributed by atoms with van der Waals surface area (Å²) >= 11 is 1.61. The fourth-order valence-corrected chi connectivity index (χ4v) is 4.59. The number of amides is 1. The molecule has 0 radical (unpaired) electrons. The molecule has 0 unspecified atom stereocenters. The van der Waals surface area contributed by atoms with E-state index < -0.39 is 17.5 Å². The average molecular weight is 492 g/mol. The summed E-state index contributed by atoms with van der Waals surface area (Å²) in [5, 5.41) is 7.50. The second-order valence-electron chi connectivity index (χ2n) is 7.95. The van der Waals surface area contributed by atoms with Gasteiger partial charge in [-0.15, -0.1) is 11.3 Å². The van der Waals surface area contributed by atoms with Crippen molar-refractivity contribution in [3.8, 4) is 16.3 Å². The molecule has 0 saturated heterocycles. The number of nitrogens with zero attached hydrogens (tertiary/aromatic N) is 2. The van der Waals surface area contributed by atoms with E-state index in [1.165, 1.54) is 11.6 Å². The van der Waals surface area contributed by atoms with Crippen molar-refractivity contribution in [2.24, 2.45) is 0 Å². The molecule has 0 atom stereocenters. The van der Waals surface area contributed by atoms with Gasteiger partial charge >= 0.3 is 0 Å². The number of nitrogens with one attached hydrogen (secondary N) is 1. The summed E-state index contributed by atoms with van der Waals surface area (Å²) in [6, 6.07) is 16.5. The molecule has 5 rings (SSSR count). The maximum absolute atomic E-state index is 13.9. The zero-order valence-electron chi connectivity index (χ0n) is 18.8. The minimum absolute atomic E-state index is 0.0237. The molecule has 2 aromatic heterocycles. The summed E-state index contributed by atoms with van der Waals surface area (Å²) < 4.78 is 38.7. The maximum Gasteiger partial charge on any atom is 0.278 e. The van der Waals surface area contributed by atoms with Crippen LogP contribution in [0.25, 0.3) is 20.8 Å². The van der Waals surface area contributed by atoms with Crippen LogP contribution < -0.4 is 10.1 Å². The Balaban J connectivity index is 1.30. The highest BCUT2D eigenvalue weighted by molar-refractivity contribution is 7.21. The molecule has 2 heterocycles. The van der Waals surface area contributed by atoms with Gasteiger partial charge in [0.05, 0.1) is 15.8 Å². The molecule has 1 amide bonds. The topological polar surface area (TPSA) is 77.3 Å². The van der Waals surface area contributed by atoms with Gasteiger partial charge in [-0.2, -0.15) is 0 Å². The third kappa shape index (κ3) is 4.76. The van der Waals surface area contributed by atoms with E-state index in [4.69, 9.17) is 9.26 Å². The van der Waals surface area contributed by atoms with Crippen molar-refractivity contribution in [1.29, 1.82) is 0 Å². The SMILES string of the molecule is Cc1ccc2nc(-c3ccc(NC(=O)c4noc(C)c4COc4ccc(F)cc4F)cc3)sc2c1. The normalized spacial score (nSPS) is 11.1. The van der Waals surface area contributed by atoms with Gasteiger partial charge in [0.2, 0.25) is 0 Å². The molecule has 0 bridgehead atoms. The number of anilines is 1. The fraction of sp³-hybridized carbons (Fsp3) is 0.115. The zero-order chi connectivity index (χ0) is 24.5. The van der Waals surface area contributed by atoms with Crippen molar-refractivity contribution in [2.75, 3.05) is 5.32 Å². The first-order valence-electron chi connectivity index (χ1n) is 10.7. The van der Waals surface area contributed by atoms with Gasteiger partial charge in [-0.05, 0) is 67.9 Å². The monoisotopic (exact) mass is 491 g/mol. The van der Waals surface area contributed by atoms with Crippen LogP contribution in [0.15, 0.2) is 65.2 Å². The van der Waals surface area contributed by atoms with Crippen LogP contribution in [-0.2, 0) is 6.61 Å². The van der Waals surface area contributed by atoms with E-state index in [0.717, 1.165) is 32.9 Å². The molecular weight excluding hydrogens is 472 g/mol. The minimum atomic E-state index is -0.839. The number of carbonyl (C=O) groups excluding carboxylic acids is 1. The van der Waals surface area contributed by atoms with Gasteiger partial charge in [0.15, 0.2) is 17.3 Å². The van der Waals surface area contributed by atoms with Crippen molar-refractivity contribution in [2.45, 2.75) is 20.5 Å². The second-order valence-corrected chi connectivity index (χ2v) is 8.98. The first-order valence-corrected chi connectivity index (χ1v) is 11.5. The number of benzene rings is 3. The molecule has 0 saturated carbocycles. The van der Waals surface area contributed by atoms with Crippen LogP contribution in [0.3, 0.4) is 0 Å². The molecule has 0 spiro atoms. The highest BCUT2D eigenvalue weighted by Gasteiger charge is 2.21. The van der Waals surface area contributed by atoms with Gasteiger partial charge < -0.3 is 14.6 Å². The smallest absolute Gasteiger partial charge is 0.278 e. The summed E-state index contributed by atoms with van der Waals surface area (Å²) in [5.74, 6) is -1.82. The summed E-state index contributed by atoms with van der Waals surface area (Å²) in [6.45, 7) is 3.50. The maximum atomic E-state index is 13.9. The third-order valence-electron chi connectivity index (χ3n) is 5.40. The van der Waals surface area contributed by atoms with Crippen LogP contribution in [0.2, 0.25) is 0 Å². The van der Waals surface area contributed by atoms with Crippen molar-refractivity contribution in [3.63, 3.8) is 0 Å². The molecule has 3 aromatic carbocycles. The van der Waals surface area contributed by atoms with Gasteiger partial charge in [-0.3, -0.25) is 4.79 Å². The Hall–Kier alpha value is -4.11. The van der Waals surface area contributed by atoms with E-state index in [-0.39, 0.29) is 18.1 Å². The molecule has 6 nitrogen and oxygen atoms in total. The molecule has 5 aromatic rings. The third-order valence-corrected chi connectivity index (χ3v) is 6.47. The molecule has 176 valence electrons. The van der Waals surface area contributed by atoms with E-state index >= 15 is 0 Å². The fourth-order valence-electron chi connectivity index (χ4n) is 3.52. The minimum Gasteiger partial charge on any atom is -0.486 e. The Morgan fingerprint density at radius 3 is 2.63 bits per heavy atom. The lowest BCUT2D eigenvalue weighted by atomic mass is 10.1. The van der Waals surface area contributed by atoms with Crippen molar-refractivity contribution in [1.82, 2.24) is 10.1 Å². The zero-order valence-corrected chi connectivity index (χ0v) is 19.6. The first kappa shape index (κ1) is 22.7. The van der Waals surface area contributed by atoms with Crippen LogP contribution >= 0.6 is 11.3 Å². The van der Waals surface area contributed by atoms with Crippen molar-refractivity contribution < 1.29 is 22.8 Å². The van der Waals surface area contributed by atoms with Gasteiger partial charge in [0.25, 0.3) is 5.91 Å². The average Bonchev–Trinajstić information content (AvgIpc) is 3.42. The van der Waals surface area contributed by atoms with Crippen molar-refractivity contribution in [3.05, 3.63) is 94.9 Å². The van der Waals surface area contributed by atoms with E-state index in [0.29, 0.717) is 17.0 Å². The van der Waals surface area contributed by atoms with Gasteiger partial charge in [0.1, 0.15) is 23.2 Å². The molecule has 0 aliphatic carbocycles. The van der Waals surface area contributed by atoms with Crippen LogP contribution in [-0.4, -0.2) is 16.0 Å². The molecule has 0 aliphatic rings. The molecule has 0 fully saturated rings. The molecule has 0 aliphatic heterocycles. The summed E-state index contributed by atoms with van der Waals surface area (Å²) in [5.41, 5.74) is 4.02. The van der Waals surface area contributed by atoms with Crippen LogP contribution in [0, 0.1) is 25.5 Å². The largest absolute Gasteiger partial charge is 0.486 e. The lowest BCUT2D eigenvalue weighted by Gasteiger charge is -2.08. The number of aromatic nitrogens is 2. The number of fused-ring (bicyclic) bond motifs is 1. The lowest BCUT2D eigenvalue weighted by molar-refractivity contribution is 0.101. The van der Waals surface area contributed by atoms with E-state index in [1.54, 1.807) is 30.4 Å². The summed E-state index contributed by atoms with van der Waals surface area (Å²) in [7, 11) is 0. The highest BCUT2D eigenvalue weighted by Crippen LogP contribution is 2.31. The Morgan fingerprint density at radius 2 is 1.86 bits per heavy atom. The standard InChI is InChI=1S/C26H19F2N3O3S/c1-14-3-9-21-23(11-14)35-26(30-21)16-4-7-18(8-5-16)29-25(32)24-19(15(2)34-31-24)13-33-22-10-6-17(27)12-20(22)28/h3-12H,13H2,1-2H3,(H,29,32). The predicted molar refractivity (Wildman–Crippen MR) is 130 cm³/mol. The number of aryl methyl sites for hydroxylation is 2. The number of hydrogen-bond donors (Lipinski definition) is 1. The molecule has 9 heteroatoms. The number of carbonyl (C=O) groups is 1. The first-order chi connectivity index (χ1) is 16.9. The van der Waals surface area contributed by atoms with E-state index in [2.05, 4.69) is 21.5 Å². The number of halogens is 2. The number of ether oxygens (including phenoxy) is 1.